The normalized spacial score (nSPS) is 18.9. The Hall–Kier alpha value is -0.840. The lowest BCUT2D eigenvalue weighted by Gasteiger charge is -2.35. The highest BCUT2D eigenvalue weighted by molar-refractivity contribution is 5.07. The zero-order valence-electron chi connectivity index (χ0n) is 12.2. The molecule has 2 heterocycles. The van der Waals surface area contributed by atoms with Crippen molar-refractivity contribution in [3.8, 4) is 0 Å². The van der Waals surface area contributed by atoms with E-state index in [4.69, 9.17) is 4.74 Å². The van der Waals surface area contributed by atoms with Gasteiger partial charge in [-0.2, -0.15) is 0 Å². The number of H-pyrrole nitrogens is 1. The summed E-state index contributed by atoms with van der Waals surface area (Å²) in [6, 6.07) is 2.75. The summed E-state index contributed by atoms with van der Waals surface area (Å²) in [4.78, 5) is 5.67. The van der Waals surface area contributed by atoms with Crippen molar-refractivity contribution < 1.29 is 4.74 Å². The fourth-order valence-corrected chi connectivity index (χ4v) is 2.70. The predicted octanol–water partition coefficient (Wildman–Crippen LogP) is 1.85. The Morgan fingerprint density at radius 1 is 1.37 bits per heavy atom. The largest absolute Gasteiger partial charge is 0.379 e. The van der Waals surface area contributed by atoms with Crippen molar-refractivity contribution in [2.24, 2.45) is 5.92 Å². The van der Waals surface area contributed by atoms with Crippen LogP contribution in [-0.2, 0) is 11.3 Å². The molecule has 1 unspecified atom stereocenters. The van der Waals surface area contributed by atoms with Gasteiger partial charge in [0.05, 0.1) is 13.2 Å². The van der Waals surface area contributed by atoms with Gasteiger partial charge in [-0.1, -0.05) is 13.8 Å². The highest BCUT2D eigenvalue weighted by atomic mass is 16.5. The fourth-order valence-electron chi connectivity index (χ4n) is 2.70. The zero-order chi connectivity index (χ0) is 13.5. The van der Waals surface area contributed by atoms with Crippen molar-refractivity contribution in [3.05, 3.63) is 24.0 Å². The highest BCUT2D eigenvalue weighted by Gasteiger charge is 2.21. The molecule has 2 rings (SSSR count). The van der Waals surface area contributed by atoms with Crippen LogP contribution in [0.5, 0.6) is 0 Å². The van der Waals surface area contributed by atoms with E-state index in [2.05, 4.69) is 41.3 Å². The second-order valence-electron chi connectivity index (χ2n) is 5.78. The van der Waals surface area contributed by atoms with Gasteiger partial charge in [0.25, 0.3) is 0 Å². The van der Waals surface area contributed by atoms with Crippen LogP contribution in [-0.4, -0.2) is 48.8 Å². The van der Waals surface area contributed by atoms with Crippen molar-refractivity contribution in [1.29, 1.82) is 0 Å². The third-order valence-electron chi connectivity index (χ3n) is 3.68. The molecule has 1 fully saturated rings. The Morgan fingerprint density at radius 3 is 2.79 bits per heavy atom. The van der Waals surface area contributed by atoms with Crippen molar-refractivity contribution in [2.75, 3.05) is 32.8 Å². The predicted molar refractivity (Wildman–Crippen MR) is 78.1 cm³/mol. The van der Waals surface area contributed by atoms with Crippen LogP contribution in [0.3, 0.4) is 0 Å². The second-order valence-corrected chi connectivity index (χ2v) is 5.78. The minimum absolute atomic E-state index is 0.628. The van der Waals surface area contributed by atoms with Crippen LogP contribution < -0.4 is 5.32 Å². The lowest BCUT2D eigenvalue weighted by Crippen LogP contribution is -2.48. The molecule has 2 N–H and O–H groups in total. The standard InChI is InChI=1S/C15H27N3O/c1-13(2)9-15(18-5-7-19-8-6-18)12-17-11-14-3-4-16-10-14/h3-4,10,13,15-17H,5-9,11-12H2,1-2H3. The molecule has 1 aromatic heterocycles. The van der Waals surface area contributed by atoms with Gasteiger partial charge in [-0.25, -0.2) is 0 Å². The number of nitrogens with one attached hydrogen (secondary N) is 2. The van der Waals surface area contributed by atoms with Gasteiger partial charge in [0.1, 0.15) is 0 Å². The van der Waals surface area contributed by atoms with Crippen LogP contribution in [0, 0.1) is 5.92 Å². The first-order valence-corrected chi connectivity index (χ1v) is 7.40. The molecule has 108 valence electrons. The third kappa shape index (κ3) is 4.97. The van der Waals surface area contributed by atoms with Gasteiger partial charge in [0, 0.05) is 44.6 Å². The number of morpholine rings is 1. The number of aromatic nitrogens is 1. The third-order valence-corrected chi connectivity index (χ3v) is 3.68. The first kappa shape index (κ1) is 14.6. The smallest absolute Gasteiger partial charge is 0.0594 e. The molecule has 0 saturated carbocycles. The Labute approximate surface area is 116 Å². The molecule has 0 aromatic carbocycles. The molecule has 0 bridgehead atoms. The van der Waals surface area contributed by atoms with Crippen LogP contribution >= 0.6 is 0 Å². The lowest BCUT2D eigenvalue weighted by molar-refractivity contribution is 0.0123. The molecular weight excluding hydrogens is 238 g/mol. The van der Waals surface area contributed by atoms with E-state index >= 15 is 0 Å². The number of hydrogen-bond acceptors (Lipinski definition) is 3. The van der Waals surface area contributed by atoms with Gasteiger partial charge in [-0.05, 0) is 24.0 Å². The van der Waals surface area contributed by atoms with Gasteiger partial charge >= 0.3 is 0 Å². The minimum Gasteiger partial charge on any atom is -0.379 e. The molecule has 0 amide bonds. The van der Waals surface area contributed by atoms with Gasteiger partial charge < -0.3 is 15.0 Å². The van der Waals surface area contributed by atoms with Crippen LogP contribution in [0.25, 0.3) is 0 Å². The van der Waals surface area contributed by atoms with Gasteiger partial charge in [-0.15, -0.1) is 0 Å². The van der Waals surface area contributed by atoms with Gasteiger partial charge in [-0.3, -0.25) is 4.90 Å². The monoisotopic (exact) mass is 265 g/mol. The van der Waals surface area contributed by atoms with E-state index in [1.165, 1.54) is 12.0 Å². The van der Waals surface area contributed by atoms with E-state index in [1.807, 2.05) is 6.20 Å². The van der Waals surface area contributed by atoms with Crippen molar-refractivity contribution in [2.45, 2.75) is 32.9 Å². The maximum absolute atomic E-state index is 5.45. The summed E-state index contributed by atoms with van der Waals surface area (Å²) in [5.74, 6) is 0.738. The molecule has 1 atom stereocenters. The maximum Gasteiger partial charge on any atom is 0.0594 e. The molecule has 4 heteroatoms. The summed E-state index contributed by atoms with van der Waals surface area (Å²) in [5, 5.41) is 3.59. The molecule has 1 aliphatic rings. The van der Waals surface area contributed by atoms with E-state index < -0.39 is 0 Å². The highest BCUT2D eigenvalue weighted by Crippen LogP contribution is 2.13. The molecule has 1 aromatic rings. The molecule has 19 heavy (non-hydrogen) atoms. The van der Waals surface area contributed by atoms with Crippen LogP contribution in [0.1, 0.15) is 25.8 Å². The summed E-state index contributed by atoms with van der Waals surface area (Å²) >= 11 is 0. The van der Waals surface area contributed by atoms with Crippen molar-refractivity contribution in [3.63, 3.8) is 0 Å². The molecule has 0 radical (unpaired) electrons. The van der Waals surface area contributed by atoms with Crippen molar-refractivity contribution >= 4 is 0 Å². The summed E-state index contributed by atoms with van der Waals surface area (Å²) in [6.45, 7) is 10.5. The summed E-state index contributed by atoms with van der Waals surface area (Å²) in [6.07, 6.45) is 5.28. The van der Waals surface area contributed by atoms with Gasteiger partial charge in [0.2, 0.25) is 0 Å². The first-order valence-electron chi connectivity index (χ1n) is 7.40. The van der Waals surface area contributed by atoms with E-state index in [-0.39, 0.29) is 0 Å². The Kier molecular flexibility index (Phi) is 5.89. The zero-order valence-corrected chi connectivity index (χ0v) is 12.2. The maximum atomic E-state index is 5.45. The molecule has 1 aliphatic heterocycles. The molecule has 1 saturated heterocycles. The SMILES string of the molecule is CC(C)CC(CNCc1cc[nH]c1)N1CCOCC1. The van der Waals surface area contributed by atoms with E-state index in [0.29, 0.717) is 6.04 Å². The molecular formula is C15H27N3O. The molecule has 0 spiro atoms. The Bertz CT molecular complexity index is 331. The number of ether oxygens (including phenoxy) is 1. The second kappa shape index (κ2) is 7.68. The summed E-state index contributed by atoms with van der Waals surface area (Å²) < 4.78 is 5.45. The summed E-state index contributed by atoms with van der Waals surface area (Å²) in [7, 11) is 0. The topological polar surface area (TPSA) is 40.3 Å². The average Bonchev–Trinajstić information content (AvgIpc) is 2.91. The Morgan fingerprint density at radius 2 is 2.16 bits per heavy atom. The molecule has 0 aliphatic carbocycles. The quantitative estimate of drug-likeness (QED) is 0.790. The van der Waals surface area contributed by atoms with Crippen molar-refractivity contribution in [1.82, 2.24) is 15.2 Å². The van der Waals surface area contributed by atoms with Crippen LogP contribution in [0.2, 0.25) is 0 Å². The fraction of sp³-hybridized carbons (Fsp3) is 0.733. The van der Waals surface area contributed by atoms with Crippen LogP contribution in [0.4, 0.5) is 0 Å². The number of hydrogen-bond donors (Lipinski definition) is 2. The number of rotatable bonds is 7. The summed E-state index contributed by atoms with van der Waals surface area (Å²) in [5.41, 5.74) is 1.32. The number of nitrogens with zero attached hydrogens (tertiary/aromatic N) is 1. The van der Waals surface area contributed by atoms with E-state index in [0.717, 1.165) is 45.3 Å². The number of aromatic amines is 1. The van der Waals surface area contributed by atoms with E-state index in [1.54, 1.807) is 0 Å². The lowest BCUT2D eigenvalue weighted by atomic mass is 10.0. The molecule has 4 nitrogen and oxygen atoms in total. The minimum atomic E-state index is 0.628. The van der Waals surface area contributed by atoms with Gasteiger partial charge in [0.15, 0.2) is 0 Å². The Balaban J connectivity index is 1.79. The van der Waals surface area contributed by atoms with Crippen LogP contribution in [0.15, 0.2) is 18.5 Å². The average molecular weight is 265 g/mol. The first-order chi connectivity index (χ1) is 9.25. The van der Waals surface area contributed by atoms with E-state index in [9.17, 15) is 0 Å².